The van der Waals surface area contributed by atoms with Gasteiger partial charge in [-0.05, 0) is 49.9 Å². The number of nitrogens with zero attached hydrogens (tertiary/aromatic N) is 2. The first-order chi connectivity index (χ1) is 18.2. The van der Waals surface area contributed by atoms with Gasteiger partial charge in [0.25, 0.3) is 0 Å². The molecule has 2 aromatic heterocycles. The Morgan fingerprint density at radius 2 is 1.79 bits per heavy atom. The molecule has 0 saturated carbocycles. The molecule has 0 unspecified atom stereocenters. The van der Waals surface area contributed by atoms with Crippen LogP contribution in [0.1, 0.15) is 26.3 Å². The fourth-order valence-corrected chi connectivity index (χ4v) is 4.62. The van der Waals surface area contributed by atoms with Crippen LogP contribution in [0.4, 0.5) is 4.39 Å². The lowest BCUT2D eigenvalue weighted by Crippen LogP contribution is -2.31. The lowest BCUT2D eigenvalue weighted by molar-refractivity contribution is -0.136. The molecule has 0 atom stereocenters. The number of nitrogens with one attached hydrogen (secondary N) is 1. The van der Waals surface area contributed by atoms with E-state index in [1.165, 1.54) is 23.5 Å². The van der Waals surface area contributed by atoms with Gasteiger partial charge in [-0.1, -0.05) is 24.3 Å². The third-order valence-corrected chi connectivity index (χ3v) is 6.30. The number of hydrogen-bond donors (Lipinski definition) is 2. The van der Waals surface area contributed by atoms with Gasteiger partial charge < -0.3 is 14.6 Å². The number of hydroxylamine groups is 1. The minimum absolute atomic E-state index is 0.0420. The molecule has 200 valence electrons. The van der Waals surface area contributed by atoms with Crippen LogP contribution in [0.5, 0.6) is 5.75 Å². The fraction of sp³-hybridized carbons (Fsp3) is 0.321. The number of rotatable bonds is 12. The molecular weight excluding hydrogens is 509 g/mol. The van der Waals surface area contributed by atoms with Crippen molar-refractivity contribution in [3.05, 3.63) is 65.3 Å². The van der Waals surface area contributed by atoms with E-state index in [1.54, 1.807) is 18.2 Å². The SMILES string of the molecule is CC(C)(C)ONCCOCCOc1cc(F)ccc1-c1nnc(-c2ccc(CC(=O)O)cc2)c2ccsc12. The molecule has 38 heavy (non-hydrogen) atoms. The lowest BCUT2D eigenvalue weighted by Gasteiger charge is -2.19. The van der Waals surface area contributed by atoms with E-state index >= 15 is 0 Å². The molecule has 0 amide bonds. The molecule has 0 aliphatic heterocycles. The van der Waals surface area contributed by atoms with Gasteiger partial charge >= 0.3 is 5.97 Å². The highest BCUT2D eigenvalue weighted by Crippen LogP contribution is 2.39. The van der Waals surface area contributed by atoms with Crippen molar-refractivity contribution < 1.29 is 28.6 Å². The summed E-state index contributed by atoms with van der Waals surface area (Å²) in [5.41, 5.74) is 6.04. The average molecular weight is 540 g/mol. The van der Waals surface area contributed by atoms with Gasteiger partial charge in [0, 0.05) is 29.1 Å². The number of aliphatic carboxylic acids is 1. The van der Waals surface area contributed by atoms with Crippen molar-refractivity contribution in [1.29, 1.82) is 0 Å². The number of aromatic nitrogens is 2. The van der Waals surface area contributed by atoms with Crippen LogP contribution in [0.15, 0.2) is 53.9 Å². The first kappa shape index (κ1) is 27.6. The number of halogens is 1. The number of ether oxygens (including phenoxy) is 2. The van der Waals surface area contributed by atoms with Crippen LogP contribution in [0.2, 0.25) is 0 Å². The van der Waals surface area contributed by atoms with Gasteiger partial charge in [-0.3, -0.25) is 9.63 Å². The Morgan fingerprint density at radius 3 is 2.53 bits per heavy atom. The van der Waals surface area contributed by atoms with Crippen LogP contribution in [0, 0.1) is 5.82 Å². The smallest absolute Gasteiger partial charge is 0.307 e. The van der Waals surface area contributed by atoms with Crippen LogP contribution in [0.25, 0.3) is 32.6 Å². The zero-order valence-corrected chi connectivity index (χ0v) is 22.3. The summed E-state index contributed by atoms with van der Waals surface area (Å²) in [7, 11) is 0. The molecule has 0 fully saturated rings. The second-order valence-corrected chi connectivity index (χ2v) is 10.5. The number of carboxylic acids is 1. The topological polar surface area (TPSA) is 103 Å². The normalized spacial score (nSPS) is 11.7. The summed E-state index contributed by atoms with van der Waals surface area (Å²) >= 11 is 1.51. The number of hydrogen-bond acceptors (Lipinski definition) is 8. The van der Waals surface area contributed by atoms with Gasteiger partial charge in [0.05, 0.1) is 29.9 Å². The predicted octanol–water partition coefficient (Wildman–Crippen LogP) is 5.51. The van der Waals surface area contributed by atoms with Gasteiger partial charge in [0.2, 0.25) is 0 Å². The Balaban J connectivity index is 1.48. The maximum Gasteiger partial charge on any atom is 0.307 e. The van der Waals surface area contributed by atoms with Crippen molar-refractivity contribution >= 4 is 27.4 Å². The zero-order chi connectivity index (χ0) is 27.1. The summed E-state index contributed by atoms with van der Waals surface area (Å²) in [4.78, 5) is 16.4. The highest BCUT2D eigenvalue weighted by molar-refractivity contribution is 7.17. The molecular formula is C28H30FN3O5S. The maximum atomic E-state index is 14.1. The van der Waals surface area contributed by atoms with E-state index in [4.69, 9.17) is 19.4 Å². The molecule has 0 bridgehead atoms. The molecule has 4 aromatic rings. The van der Waals surface area contributed by atoms with Crippen molar-refractivity contribution in [3.8, 4) is 28.3 Å². The lowest BCUT2D eigenvalue weighted by atomic mass is 10.0. The van der Waals surface area contributed by atoms with E-state index < -0.39 is 11.8 Å². The molecule has 0 aliphatic rings. The fourth-order valence-electron chi connectivity index (χ4n) is 3.73. The molecule has 10 heteroatoms. The van der Waals surface area contributed by atoms with E-state index in [2.05, 4.69) is 15.7 Å². The Kier molecular flexibility index (Phi) is 9.01. The molecule has 2 heterocycles. The highest BCUT2D eigenvalue weighted by Gasteiger charge is 2.18. The largest absolute Gasteiger partial charge is 0.490 e. The highest BCUT2D eigenvalue weighted by atomic mass is 32.1. The first-order valence-electron chi connectivity index (χ1n) is 12.2. The average Bonchev–Trinajstić information content (AvgIpc) is 3.35. The second kappa shape index (κ2) is 12.4. The summed E-state index contributed by atoms with van der Waals surface area (Å²) in [6.45, 7) is 7.39. The van der Waals surface area contributed by atoms with Crippen molar-refractivity contribution in [2.24, 2.45) is 0 Å². The standard InChI is InChI=1S/C28H30FN3O5S/c1-28(2,3)37-30-11-12-35-13-14-36-23-17-20(29)8-9-21(23)26-27-22(10-15-38-27)25(31-32-26)19-6-4-18(5-7-19)16-24(33)34/h4-10,15,17,30H,11-14,16H2,1-3H3,(H,33,34). The van der Waals surface area contributed by atoms with Crippen LogP contribution < -0.4 is 10.2 Å². The van der Waals surface area contributed by atoms with Crippen molar-refractivity contribution in [3.63, 3.8) is 0 Å². The van der Waals surface area contributed by atoms with E-state index in [0.717, 1.165) is 15.6 Å². The quantitative estimate of drug-likeness (QED) is 0.180. The van der Waals surface area contributed by atoms with Gasteiger partial charge in [-0.2, -0.15) is 5.48 Å². The van der Waals surface area contributed by atoms with Gasteiger partial charge in [-0.25, -0.2) is 4.39 Å². The molecule has 0 saturated heterocycles. The monoisotopic (exact) mass is 539 g/mol. The number of fused-ring (bicyclic) bond motifs is 1. The summed E-state index contributed by atoms with van der Waals surface area (Å²) in [5, 5.41) is 20.8. The van der Waals surface area contributed by atoms with Crippen molar-refractivity contribution in [1.82, 2.24) is 15.7 Å². The Labute approximate surface area is 224 Å². The minimum atomic E-state index is -0.881. The van der Waals surface area contributed by atoms with Crippen LogP contribution in [-0.4, -0.2) is 53.2 Å². The van der Waals surface area contributed by atoms with E-state index in [9.17, 15) is 9.18 Å². The maximum absolute atomic E-state index is 14.1. The number of benzene rings is 2. The minimum Gasteiger partial charge on any atom is -0.490 e. The third-order valence-electron chi connectivity index (χ3n) is 5.38. The van der Waals surface area contributed by atoms with Gasteiger partial charge in [0.15, 0.2) is 0 Å². The predicted molar refractivity (Wildman–Crippen MR) is 145 cm³/mol. The summed E-state index contributed by atoms with van der Waals surface area (Å²) in [6, 6.07) is 13.6. The number of carboxylic acid groups (broad SMARTS) is 1. The molecule has 2 aromatic carbocycles. The van der Waals surface area contributed by atoms with Crippen molar-refractivity contribution in [2.75, 3.05) is 26.4 Å². The Hall–Kier alpha value is -3.44. The molecule has 0 aliphatic carbocycles. The first-order valence-corrected chi connectivity index (χ1v) is 13.1. The Morgan fingerprint density at radius 1 is 1.03 bits per heavy atom. The molecule has 0 radical (unpaired) electrons. The van der Waals surface area contributed by atoms with Crippen LogP contribution in [-0.2, 0) is 20.8 Å². The third kappa shape index (κ3) is 7.32. The van der Waals surface area contributed by atoms with Crippen molar-refractivity contribution in [2.45, 2.75) is 32.8 Å². The number of thiophene rings is 1. The molecule has 0 spiro atoms. The summed E-state index contributed by atoms with van der Waals surface area (Å²) in [5.74, 6) is -0.937. The van der Waals surface area contributed by atoms with Crippen LogP contribution >= 0.6 is 11.3 Å². The molecule has 8 nitrogen and oxygen atoms in total. The number of carbonyl (C=O) groups is 1. The summed E-state index contributed by atoms with van der Waals surface area (Å²) < 4.78 is 26.5. The van der Waals surface area contributed by atoms with E-state index in [-0.39, 0.29) is 18.6 Å². The van der Waals surface area contributed by atoms with E-state index in [0.29, 0.717) is 48.0 Å². The summed E-state index contributed by atoms with van der Waals surface area (Å²) in [6.07, 6.45) is -0.0420. The van der Waals surface area contributed by atoms with Gasteiger partial charge in [0.1, 0.15) is 29.6 Å². The second-order valence-electron chi connectivity index (χ2n) is 9.54. The molecule has 2 N–H and O–H groups in total. The van der Waals surface area contributed by atoms with Crippen LogP contribution in [0.3, 0.4) is 0 Å². The van der Waals surface area contributed by atoms with Gasteiger partial charge in [-0.15, -0.1) is 21.5 Å². The molecule has 4 rings (SSSR count). The van der Waals surface area contributed by atoms with E-state index in [1.807, 2.05) is 44.4 Å². The Bertz CT molecular complexity index is 1390. The zero-order valence-electron chi connectivity index (χ0n) is 21.5.